The summed E-state index contributed by atoms with van der Waals surface area (Å²) < 4.78 is 10.8. The average molecular weight is 254 g/mol. The number of rotatable bonds is 3. The summed E-state index contributed by atoms with van der Waals surface area (Å²) >= 11 is 5.99. The van der Waals surface area contributed by atoms with Gasteiger partial charge in [-0.25, -0.2) is 0 Å². The summed E-state index contributed by atoms with van der Waals surface area (Å²) in [7, 11) is 1.59. The van der Waals surface area contributed by atoms with E-state index in [2.05, 4.69) is 15.2 Å². The number of ether oxygens (including phenoxy) is 1. The van der Waals surface area contributed by atoms with Crippen molar-refractivity contribution < 1.29 is 9.15 Å². The molecule has 6 heteroatoms. The Balaban J connectivity index is 2.40. The first-order valence-corrected chi connectivity index (χ1v) is 5.41. The van der Waals surface area contributed by atoms with Crippen molar-refractivity contribution in [3.63, 3.8) is 0 Å². The highest BCUT2D eigenvalue weighted by molar-refractivity contribution is 6.32. The molecule has 0 radical (unpaired) electrons. The molecule has 0 bridgehead atoms. The van der Waals surface area contributed by atoms with E-state index in [9.17, 15) is 0 Å². The molecule has 90 valence electrons. The molecular weight excluding hydrogens is 242 g/mol. The standard InChI is InChI=1S/C11H12ClN3O2/c1-11(2,16-3)10-15-14-9(17-10)7-4-5-13-6-8(7)12/h4-6H,1-3H3. The molecule has 2 rings (SSSR count). The molecule has 0 fully saturated rings. The van der Waals surface area contributed by atoms with Gasteiger partial charge in [-0.05, 0) is 19.9 Å². The fraction of sp³-hybridized carbons (Fsp3) is 0.364. The van der Waals surface area contributed by atoms with E-state index in [0.717, 1.165) is 0 Å². The molecule has 0 saturated carbocycles. The summed E-state index contributed by atoms with van der Waals surface area (Å²) in [5, 5.41) is 8.38. The molecule has 17 heavy (non-hydrogen) atoms. The lowest BCUT2D eigenvalue weighted by molar-refractivity contribution is -0.00338. The van der Waals surface area contributed by atoms with Gasteiger partial charge < -0.3 is 9.15 Å². The number of pyridine rings is 1. The van der Waals surface area contributed by atoms with Crippen LogP contribution in [0.15, 0.2) is 22.9 Å². The van der Waals surface area contributed by atoms with E-state index < -0.39 is 5.60 Å². The largest absolute Gasteiger partial charge is 0.417 e. The lowest BCUT2D eigenvalue weighted by Crippen LogP contribution is -2.19. The lowest BCUT2D eigenvalue weighted by atomic mass is 10.1. The monoisotopic (exact) mass is 253 g/mol. The minimum Gasteiger partial charge on any atom is -0.417 e. The lowest BCUT2D eigenvalue weighted by Gasteiger charge is -2.17. The van der Waals surface area contributed by atoms with Crippen molar-refractivity contribution in [2.45, 2.75) is 19.4 Å². The van der Waals surface area contributed by atoms with E-state index in [1.165, 1.54) is 6.20 Å². The second kappa shape index (κ2) is 4.43. The van der Waals surface area contributed by atoms with Gasteiger partial charge >= 0.3 is 0 Å². The Bertz CT molecular complexity index is 525. The molecule has 0 spiro atoms. The highest BCUT2D eigenvalue weighted by Crippen LogP contribution is 2.29. The van der Waals surface area contributed by atoms with E-state index in [1.54, 1.807) is 19.4 Å². The number of aromatic nitrogens is 3. The minimum atomic E-state index is -0.620. The van der Waals surface area contributed by atoms with Crippen LogP contribution in [0, 0.1) is 0 Å². The Morgan fingerprint density at radius 3 is 2.76 bits per heavy atom. The van der Waals surface area contributed by atoms with Crippen LogP contribution < -0.4 is 0 Å². The molecule has 0 amide bonds. The van der Waals surface area contributed by atoms with Gasteiger partial charge in [0.25, 0.3) is 0 Å². The molecule has 0 N–H and O–H groups in total. The average Bonchev–Trinajstić information content (AvgIpc) is 2.79. The topological polar surface area (TPSA) is 61.0 Å². The quantitative estimate of drug-likeness (QED) is 0.842. The van der Waals surface area contributed by atoms with Gasteiger partial charge in [0.2, 0.25) is 11.8 Å². The molecule has 0 aliphatic rings. The number of hydrogen-bond acceptors (Lipinski definition) is 5. The van der Waals surface area contributed by atoms with Crippen LogP contribution in [-0.2, 0) is 10.3 Å². The van der Waals surface area contributed by atoms with Crippen molar-refractivity contribution in [2.24, 2.45) is 0 Å². The van der Waals surface area contributed by atoms with Crippen LogP contribution in [0.5, 0.6) is 0 Å². The number of halogens is 1. The zero-order valence-electron chi connectivity index (χ0n) is 9.77. The van der Waals surface area contributed by atoms with Gasteiger partial charge in [-0.15, -0.1) is 10.2 Å². The van der Waals surface area contributed by atoms with E-state index >= 15 is 0 Å². The van der Waals surface area contributed by atoms with Gasteiger partial charge in [0.1, 0.15) is 5.60 Å². The summed E-state index contributed by atoms with van der Waals surface area (Å²) in [6, 6.07) is 1.72. The SMILES string of the molecule is COC(C)(C)c1nnc(-c2ccncc2Cl)o1. The minimum absolute atomic E-state index is 0.359. The second-order valence-electron chi connectivity index (χ2n) is 3.98. The third kappa shape index (κ3) is 2.30. The normalized spacial score (nSPS) is 11.8. The predicted molar refractivity (Wildman–Crippen MR) is 62.6 cm³/mol. The fourth-order valence-electron chi connectivity index (χ4n) is 1.21. The first-order valence-electron chi connectivity index (χ1n) is 5.03. The van der Waals surface area contributed by atoms with Crippen LogP contribution in [0.4, 0.5) is 0 Å². The molecule has 5 nitrogen and oxygen atoms in total. The molecule has 0 aliphatic carbocycles. The molecule has 0 atom stereocenters. The maximum atomic E-state index is 5.99. The highest BCUT2D eigenvalue weighted by Gasteiger charge is 2.27. The van der Waals surface area contributed by atoms with Crippen LogP contribution in [0.3, 0.4) is 0 Å². The van der Waals surface area contributed by atoms with Gasteiger partial charge in [-0.1, -0.05) is 11.6 Å². The van der Waals surface area contributed by atoms with Crippen LogP contribution >= 0.6 is 11.6 Å². The van der Waals surface area contributed by atoms with E-state index in [0.29, 0.717) is 22.4 Å². The number of nitrogens with zero attached hydrogens (tertiary/aromatic N) is 3. The van der Waals surface area contributed by atoms with Crippen LogP contribution in [0.25, 0.3) is 11.5 Å². The van der Waals surface area contributed by atoms with Crippen LogP contribution in [-0.4, -0.2) is 22.3 Å². The zero-order valence-corrected chi connectivity index (χ0v) is 10.5. The molecule has 2 aromatic rings. The predicted octanol–water partition coefficient (Wildman–Crippen LogP) is 2.67. The molecule has 0 unspecified atom stereocenters. The molecule has 2 aromatic heterocycles. The van der Waals surface area contributed by atoms with Gasteiger partial charge in [0.05, 0.1) is 10.6 Å². The van der Waals surface area contributed by atoms with Crippen molar-refractivity contribution in [2.75, 3.05) is 7.11 Å². The molecule has 0 saturated heterocycles. The first-order chi connectivity index (χ1) is 8.04. The molecule has 0 aliphatic heterocycles. The summed E-state index contributed by atoms with van der Waals surface area (Å²) in [5.74, 6) is 0.764. The molecule has 2 heterocycles. The maximum absolute atomic E-state index is 5.99. The van der Waals surface area contributed by atoms with Crippen LogP contribution in [0.2, 0.25) is 5.02 Å². The third-order valence-electron chi connectivity index (χ3n) is 2.45. The van der Waals surface area contributed by atoms with Gasteiger partial charge in [0.15, 0.2) is 0 Å². The van der Waals surface area contributed by atoms with Crippen molar-refractivity contribution >= 4 is 11.6 Å². The maximum Gasteiger partial charge on any atom is 0.249 e. The highest BCUT2D eigenvalue weighted by atomic mass is 35.5. The molecular formula is C11H12ClN3O2. The second-order valence-corrected chi connectivity index (χ2v) is 4.39. The number of hydrogen-bond donors (Lipinski definition) is 0. The van der Waals surface area contributed by atoms with Gasteiger partial charge in [-0.2, -0.15) is 0 Å². The van der Waals surface area contributed by atoms with Gasteiger partial charge in [0, 0.05) is 19.5 Å². The first kappa shape index (κ1) is 12.0. The number of methoxy groups -OCH3 is 1. The van der Waals surface area contributed by atoms with Crippen molar-refractivity contribution in [1.29, 1.82) is 0 Å². The van der Waals surface area contributed by atoms with Crippen molar-refractivity contribution in [1.82, 2.24) is 15.2 Å². The smallest absolute Gasteiger partial charge is 0.249 e. The van der Waals surface area contributed by atoms with Crippen molar-refractivity contribution in [3.8, 4) is 11.5 Å². The Labute approximate surface area is 104 Å². The Morgan fingerprint density at radius 2 is 2.12 bits per heavy atom. The van der Waals surface area contributed by atoms with Crippen molar-refractivity contribution in [3.05, 3.63) is 29.4 Å². The Kier molecular flexibility index (Phi) is 3.13. The summed E-state index contributed by atoms with van der Waals surface area (Å²) in [4.78, 5) is 3.90. The third-order valence-corrected chi connectivity index (χ3v) is 2.75. The van der Waals surface area contributed by atoms with Crippen LogP contribution in [0.1, 0.15) is 19.7 Å². The molecule has 0 aromatic carbocycles. The summed E-state index contributed by atoms with van der Waals surface area (Å²) in [6.07, 6.45) is 3.15. The van der Waals surface area contributed by atoms with E-state index in [1.807, 2.05) is 13.8 Å². The van der Waals surface area contributed by atoms with E-state index in [-0.39, 0.29) is 0 Å². The van der Waals surface area contributed by atoms with E-state index in [4.69, 9.17) is 20.8 Å². The Morgan fingerprint density at radius 1 is 1.35 bits per heavy atom. The van der Waals surface area contributed by atoms with Gasteiger partial charge in [-0.3, -0.25) is 4.98 Å². The zero-order chi connectivity index (χ0) is 12.5. The summed E-state index contributed by atoms with van der Waals surface area (Å²) in [5.41, 5.74) is 0.0393. The fourth-order valence-corrected chi connectivity index (χ4v) is 1.41. The summed E-state index contributed by atoms with van der Waals surface area (Å²) in [6.45, 7) is 3.69. The Hall–Kier alpha value is -1.46.